The van der Waals surface area contributed by atoms with Crippen LogP contribution in [0.25, 0.3) is 0 Å². The van der Waals surface area contributed by atoms with E-state index in [1.165, 1.54) is 12.1 Å². The van der Waals surface area contributed by atoms with Gasteiger partial charge in [-0.1, -0.05) is 30.8 Å². The van der Waals surface area contributed by atoms with E-state index in [-0.39, 0.29) is 23.5 Å². The number of phenolic OH excluding ortho intramolecular Hbond substituents is 1. The molecule has 4 rings (SSSR count). The molecule has 1 aromatic heterocycles. The normalized spacial score (nSPS) is 24.9. The summed E-state index contributed by atoms with van der Waals surface area (Å²) < 4.78 is 0. The van der Waals surface area contributed by atoms with Crippen molar-refractivity contribution in [2.75, 3.05) is 6.54 Å². The molecule has 7 nitrogen and oxygen atoms in total. The number of hydrogen-bond acceptors (Lipinski definition) is 7. The summed E-state index contributed by atoms with van der Waals surface area (Å²) >= 11 is 1.71. The number of thioether (sulfide) groups is 1. The molecule has 128 valence electrons. The Morgan fingerprint density at radius 2 is 2.20 bits per heavy atom. The highest BCUT2D eigenvalue weighted by atomic mass is 32.2. The van der Waals surface area contributed by atoms with Crippen LogP contribution < -0.4 is 0 Å². The fourth-order valence-corrected chi connectivity index (χ4v) is 4.44. The van der Waals surface area contributed by atoms with E-state index in [0.717, 1.165) is 23.0 Å². The van der Waals surface area contributed by atoms with Gasteiger partial charge in [-0.25, -0.2) is 0 Å². The topological polar surface area (TPSA) is 91.9 Å². The number of aromatic nitrogens is 1. The average Bonchev–Trinajstić information content (AvgIpc) is 3.12. The smallest absolute Gasteiger partial charge is 0.311 e. The van der Waals surface area contributed by atoms with Crippen molar-refractivity contribution in [1.82, 2.24) is 9.88 Å². The lowest BCUT2D eigenvalue weighted by Gasteiger charge is -2.27. The van der Waals surface area contributed by atoms with E-state index in [0.29, 0.717) is 5.25 Å². The quantitative estimate of drug-likeness (QED) is 0.670. The Morgan fingerprint density at radius 1 is 1.36 bits per heavy atom. The van der Waals surface area contributed by atoms with Gasteiger partial charge in [-0.3, -0.25) is 20.1 Å². The summed E-state index contributed by atoms with van der Waals surface area (Å²) in [6, 6.07) is 9.86. The minimum absolute atomic E-state index is 0.165. The van der Waals surface area contributed by atoms with Crippen LogP contribution in [0.4, 0.5) is 5.69 Å². The fraction of sp³-hybridized carbons (Fsp3) is 0.294. The largest absolute Gasteiger partial charge is 0.502 e. The lowest BCUT2D eigenvalue weighted by molar-refractivity contribution is -0.386. The Morgan fingerprint density at radius 3 is 2.92 bits per heavy atom. The molecule has 2 aromatic rings. The molecular weight excluding hydrogens is 340 g/mol. The van der Waals surface area contributed by atoms with Crippen LogP contribution in [0.1, 0.15) is 30.3 Å². The van der Waals surface area contributed by atoms with Gasteiger partial charge >= 0.3 is 5.69 Å². The molecule has 0 bridgehead atoms. The number of amidine groups is 1. The zero-order valence-corrected chi connectivity index (χ0v) is 14.3. The summed E-state index contributed by atoms with van der Waals surface area (Å²) in [7, 11) is 0. The molecule has 0 unspecified atom stereocenters. The summed E-state index contributed by atoms with van der Waals surface area (Å²) in [6.45, 7) is 2.96. The molecule has 0 spiro atoms. The average molecular weight is 356 g/mol. The van der Waals surface area contributed by atoms with Crippen molar-refractivity contribution in [3.05, 3.63) is 64.0 Å². The van der Waals surface area contributed by atoms with E-state index in [1.54, 1.807) is 24.0 Å². The number of rotatable bonds is 3. The molecule has 1 aromatic carbocycles. The molecular formula is C17H16N4O3S. The number of nitrogens with zero attached hydrogens (tertiary/aromatic N) is 4. The molecule has 1 saturated heterocycles. The molecule has 3 atom stereocenters. The molecule has 1 fully saturated rings. The van der Waals surface area contributed by atoms with Gasteiger partial charge in [0.05, 0.1) is 16.7 Å². The minimum atomic E-state index is -0.563. The van der Waals surface area contributed by atoms with Gasteiger partial charge in [0.15, 0.2) is 10.9 Å². The Kier molecular flexibility index (Phi) is 3.84. The van der Waals surface area contributed by atoms with Crippen molar-refractivity contribution in [1.29, 1.82) is 0 Å². The monoisotopic (exact) mass is 356 g/mol. The van der Waals surface area contributed by atoms with Gasteiger partial charge in [-0.15, -0.1) is 0 Å². The summed E-state index contributed by atoms with van der Waals surface area (Å²) in [4.78, 5) is 22.1. The first-order valence-corrected chi connectivity index (χ1v) is 8.82. The minimum Gasteiger partial charge on any atom is -0.502 e. The third kappa shape index (κ3) is 2.72. The molecule has 2 aliphatic rings. The second-order valence-electron chi connectivity index (χ2n) is 6.14. The molecule has 0 aliphatic carbocycles. The van der Waals surface area contributed by atoms with Crippen LogP contribution in [-0.2, 0) is 0 Å². The number of hydrogen-bond donors (Lipinski definition) is 1. The molecule has 2 aliphatic heterocycles. The van der Waals surface area contributed by atoms with Crippen LogP contribution in [0.5, 0.6) is 5.75 Å². The highest BCUT2D eigenvalue weighted by Crippen LogP contribution is 2.48. The highest BCUT2D eigenvalue weighted by molar-refractivity contribution is 8.14. The molecule has 0 radical (unpaired) electrons. The third-order valence-corrected chi connectivity index (χ3v) is 5.52. The zero-order chi connectivity index (χ0) is 17.6. The number of pyridine rings is 1. The first kappa shape index (κ1) is 15.9. The maximum Gasteiger partial charge on any atom is 0.311 e. The van der Waals surface area contributed by atoms with Crippen LogP contribution in [0.3, 0.4) is 0 Å². The van der Waals surface area contributed by atoms with Crippen LogP contribution in [0.2, 0.25) is 0 Å². The number of nitro groups is 1. The van der Waals surface area contributed by atoms with E-state index < -0.39 is 4.92 Å². The maximum atomic E-state index is 11.2. The van der Waals surface area contributed by atoms with Gasteiger partial charge in [0.2, 0.25) is 0 Å². The summed E-state index contributed by atoms with van der Waals surface area (Å²) in [5.41, 5.74) is 1.30. The number of benzene rings is 1. The Bertz CT molecular complexity index is 858. The van der Waals surface area contributed by atoms with Crippen molar-refractivity contribution < 1.29 is 10.0 Å². The Labute approximate surface area is 148 Å². The molecule has 3 heterocycles. The predicted molar refractivity (Wildman–Crippen MR) is 95.7 cm³/mol. The van der Waals surface area contributed by atoms with E-state index in [2.05, 4.69) is 16.8 Å². The van der Waals surface area contributed by atoms with Crippen molar-refractivity contribution in [3.8, 4) is 5.75 Å². The van der Waals surface area contributed by atoms with Gasteiger partial charge in [-0.2, -0.15) is 0 Å². The van der Waals surface area contributed by atoms with Crippen LogP contribution in [0.15, 0.2) is 47.6 Å². The SMILES string of the molecule is C[C@H]1CN2C(=N[C@H](c3ccccn3)[C@@H]2c2ccc(O)c([N+](=O)[O-])c2)S1. The van der Waals surface area contributed by atoms with Crippen molar-refractivity contribution in [2.45, 2.75) is 24.3 Å². The number of aromatic hydroxyl groups is 1. The molecule has 1 N–H and O–H groups in total. The van der Waals surface area contributed by atoms with Gasteiger partial charge in [0.1, 0.15) is 6.04 Å². The van der Waals surface area contributed by atoms with Crippen LogP contribution in [-0.4, -0.2) is 36.9 Å². The molecule has 8 heteroatoms. The number of fused-ring (bicyclic) bond motifs is 1. The van der Waals surface area contributed by atoms with E-state index in [1.807, 2.05) is 18.2 Å². The molecule has 0 saturated carbocycles. The lowest BCUT2D eigenvalue weighted by Crippen LogP contribution is -2.28. The second kappa shape index (κ2) is 6.03. The standard InChI is InChI=1S/C17H16N4O3S/c1-10-9-20-16(11-5-6-14(22)13(8-11)21(23)24)15(19-17(20)25-10)12-4-2-3-7-18-12/h2-8,10,15-16,22H,9H2,1H3/t10-,15+,16-/m0/s1. The number of phenols is 1. The predicted octanol–water partition coefficient (Wildman–Crippen LogP) is 3.28. The zero-order valence-electron chi connectivity index (χ0n) is 13.4. The van der Waals surface area contributed by atoms with Crippen LogP contribution in [0, 0.1) is 10.1 Å². The highest BCUT2D eigenvalue weighted by Gasteiger charge is 2.44. The summed E-state index contributed by atoms with van der Waals surface area (Å²) in [5.74, 6) is -0.327. The number of aliphatic imine (C=N–C) groups is 1. The third-order valence-electron chi connectivity index (χ3n) is 4.42. The fourth-order valence-electron chi connectivity index (χ4n) is 3.35. The van der Waals surface area contributed by atoms with Crippen molar-refractivity contribution in [2.24, 2.45) is 4.99 Å². The summed E-state index contributed by atoms with van der Waals surface area (Å²) in [6.07, 6.45) is 1.73. The number of nitro benzene ring substituents is 1. The maximum absolute atomic E-state index is 11.2. The molecule has 0 amide bonds. The van der Waals surface area contributed by atoms with Crippen molar-refractivity contribution in [3.63, 3.8) is 0 Å². The van der Waals surface area contributed by atoms with E-state index in [4.69, 9.17) is 4.99 Å². The van der Waals surface area contributed by atoms with Gasteiger partial charge < -0.3 is 10.0 Å². The first-order valence-electron chi connectivity index (χ1n) is 7.94. The van der Waals surface area contributed by atoms with Crippen LogP contribution >= 0.6 is 11.8 Å². The van der Waals surface area contributed by atoms with Gasteiger partial charge in [-0.05, 0) is 23.8 Å². The Balaban J connectivity index is 1.80. The van der Waals surface area contributed by atoms with Gasteiger partial charge in [0.25, 0.3) is 0 Å². The summed E-state index contributed by atoms with van der Waals surface area (Å²) in [5, 5.41) is 22.3. The van der Waals surface area contributed by atoms with E-state index >= 15 is 0 Å². The Hall–Kier alpha value is -2.61. The second-order valence-corrected chi connectivity index (χ2v) is 7.55. The molecule has 25 heavy (non-hydrogen) atoms. The first-order chi connectivity index (χ1) is 12.0. The van der Waals surface area contributed by atoms with Gasteiger partial charge in [0, 0.05) is 24.1 Å². The van der Waals surface area contributed by atoms with E-state index in [9.17, 15) is 15.2 Å². The lowest BCUT2D eigenvalue weighted by atomic mass is 9.96. The van der Waals surface area contributed by atoms with Crippen molar-refractivity contribution >= 4 is 22.6 Å².